The Balaban J connectivity index is 1.76. The molecule has 5 nitrogen and oxygen atoms in total. The van der Waals surface area contributed by atoms with E-state index in [2.05, 4.69) is 5.32 Å². The number of hydrogen-bond donors (Lipinski definition) is 2. The molecule has 0 radical (unpaired) electrons. The number of aliphatic hydroxyl groups excluding tert-OH is 1. The Morgan fingerprint density at radius 2 is 2.30 bits per heavy atom. The third kappa shape index (κ3) is 4.59. The van der Waals surface area contributed by atoms with Crippen LogP contribution in [0.25, 0.3) is 0 Å². The number of carbonyl (C=O) groups excluding carboxylic acids is 1. The van der Waals surface area contributed by atoms with Gasteiger partial charge in [-0.05, 0) is 17.5 Å². The molecule has 1 aromatic rings. The molecular formula is C15H22N2O3. The lowest BCUT2D eigenvalue weighted by Crippen LogP contribution is -2.36. The van der Waals surface area contributed by atoms with Crippen LogP contribution in [0.1, 0.15) is 17.5 Å². The van der Waals surface area contributed by atoms with Crippen molar-refractivity contribution in [3.63, 3.8) is 0 Å². The number of ether oxygens (including phenoxy) is 1. The fraction of sp³-hybridized carbons (Fsp3) is 0.533. The summed E-state index contributed by atoms with van der Waals surface area (Å²) in [6.45, 7) is 2.84. The maximum Gasteiger partial charge on any atom is 0.234 e. The van der Waals surface area contributed by atoms with Crippen molar-refractivity contribution < 1.29 is 14.6 Å². The van der Waals surface area contributed by atoms with Gasteiger partial charge in [-0.25, -0.2) is 0 Å². The summed E-state index contributed by atoms with van der Waals surface area (Å²) < 4.78 is 5.09. The third-order valence-electron chi connectivity index (χ3n) is 3.41. The molecule has 5 heteroatoms. The molecule has 1 aliphatic rings. The second-order valence-electron chi connectivity index (χ2n) is 5.21. The molecule has 0 spiro atoms. The zero-order valence-corrected chi connectivity index (χ0v) is 11.8. The predicted octanol–water partition coefficient (Wildman–Crippen LogP) is 0.516. The average Bonchev–Trinajstić information content (AvgIpc) is 2.83. The Hall–Kier alpha value is -1.43. The van der Waals surface area contributed by atoms with E-state index in [1.165, 1.54) is 0 Å². The van der Waals surface area contributed by atoms with Crippen molar-refractivity contribution in [1.82, 2.24) is 10.2 Å². The molecule has 2 N–H and O–H groups in total. The van der Waals surface area contributed by atoms with E-state index in [9.17, 15) is 9.90 Å². The highest BCUT2D eigenvalue weighted by molar-refractivity contribution is 5.78. The fourth-order valence-corrected chi connectivity index (χ4v) is 2.41. The van der Waals surface area contributed by atoms with Crippen molar-refractivity contribution in [3.8, 4) is 0 Å². The molecule has 20 heavy (non-hydrogen) atoms. The Labute approximate surface area is 119 Å². The minimum Gasteiger partial charge on any atom is -0.392 e. The Morgan fingerprint density at radius 1 is 1.50 bits per heavy atom. The van der Waals surface area contributed by atoms with E-state index >= 15 is 0 Å². The molecule has 1 aliphatic heterocycles. The smallest absolute Gasteiger partial charge is 0.234 e. The number of benzene rings is 1. The number of likely N-dealkylation sites (tertiary alicyclic amines) is 1. The van der Waals surface area contributed by atoms with Crippen LogP contribution in [0.3, 0.4) is 0 Å². The van der Waals surface area contributed by atoms with Crippen molar-refractivity contribution in [3.05, 3.63) is 35.4 Å². The molecule has 1 amide bonds. The number of carbonyl (C=O) groups is 1. The van der Waals surface area contributed by atoms with E-state index in [0.717, 1.165) is 24.1 Å². The normalized spacial score (nSPS) is 19.2. The molecular weight excluding hydrogens is 256 g/mol. The topological polar surface area (TPSA) is 61.8 Å². The van der Waals surface area contributed by atoms with Gasteiger partial charge < -0.3 is 15.2 Å². The van der Waals surface area contributed by atoms with Crippen LogP contribution in [-0.4, -0.2) is 48.8 Å². The van der Waals surface area contributed by atoms with Crippen LogP contribution in [0.4, 0.5) is 0 Å². The van der Waals surface area contributed by atoms with E-state index in [1.807, 2.05) is 29.2 Å². The van der Waals surface area contributed by atoms with Gasteiger partial charge in [0.05, 0.1) is 19.3 Å². The van der Waals surface area contributed by atoms with E-state index in [1.54, 1.807) is 7.11 Å². The lowest BCUT2D eigenvalue weighted by molar-refractivity contribution is -0.122. The van der Waals surface area contributed by atoms with Crippen molar-refractivity contribution in [2.24, 2.45) is 0 Å². The monoisotopic (exact) mass is 278 g/mol. The van der Waals surface area contributed by atoms with Crippen LogP contribution >= 0.6 is 0 Å². The molecule has 0 aliphatic carbocycles. The van der Waals surface area contributed by atoms with Crippen molar-refractivity contribution in [2.45, 2.75) is 25.7 Å². The molecule has 0 saturated carbocycles. The van der Waals surface area contributed by atoms with Crippen LogP contribution in [-0.2, 0) is 22.7 Å². The van der Waals surface area contributed by atoms with Gasteiger partial charge in [-0.1, -0.05) is 24.3 Å². The van der Waals surface area contributed by atoms with Crippen molar-refractivity contribution in [2.75, 3.05) is 26.7 Å². The first kappa shape index (κ1) is 15.0. The molecule has 1 heterocycles. The SMILES string of the molecule is COCc1cccc(CNC(=O)CN2CC[C@H](O)C2)c1. The first-order valence-electron chi connectivity index (χ1n) is 6.91. The minimum atomic E-state index is -0.284. The third-order valence-corrected chi connectivity index (χ3v) is 3.41. The number of nitrogens with zero attached hydrogens (tertiary/aromatic N) is 1. The van der Waals surface area contributed by atoms with E-state index in [4.69, 9.17) is 4.74 Å². The zero-order valence-electron chi connectivity index (χ0n) is 11.8. The van der Waals surface area contributed by atoms with E-state index in [-0.39, 0.29) is 12.0 Å². The van der Waals surface area contributed by atoms with Crippen molar-refractivity contribution in [1.29, 1.82) is 0 Å². The Morgan fingerprint density at radius 3 is 3.00 bits per heavy atom. The van der Waals surface area contributed by atoms with Crippen LogP contribution in [0, 0.1) is 0 Å². The summed E-state index contributed by atoms with van der Waals surface area (Å²) >= 11 is 0. The molecule has 110 valence electrons. The minimum absolute atomic E-state index is 0.00348. The van der Waals surface area contributed by atoms with E-state index in [0.29, 0.717) is 26.2 Å². The highest BCUT2D eigenvalue weighted by Gasteiger charge is 2.21. The van der Waals surface area contributed by atoms with Crippen LogP contribution in [0.5, 0.6) is 0 Å². The lowest BCUT2D eigenvalue weighted by Gasteiger charge is -2.14. The fourth-order valence-electron chi connectivity index (χ4n) is 2.41. The van der Waals surface area contributed by atoms with Gasteiger partial charge in [-0.3, -0.25) is 9.69 Å². The number of amides is 1. The highest BCUT2D eigenvalue weighted by Crippen LogP contribution is 2.08. The van der Waals surface area contributed by atoms with Gasteiger partial charge in [0.2, 0.25) is 5.91 Å². The van der Waals surface area contributed by atoms with Gasteiger partial charge in [0.25, 0.3) is 0 Å². The summed E-state index contributed by atoms with van der Waals surface area (Å²) in [6, 6.07) is 7.98. The summed E-state index contributed by atoms with van der Waals surface area (Å²) in [7, 11) is 1.67. The maximum absolute atomic E-state index is 11.8. The van der Waals surface area contributed by atoms with Crippen LogP contribution < -0.4 is 5.32 Å². The molecule has 1 saturated heterocycles. The summed E-state index contributed by atoms with van der Waals surface area (Å²) in [6.07, 6.45) is 0.473. The van der Waals surface area contributed by atoms with Crippen LogP contribution in [0.2, 0.25) is 0 Å². The average molecular weight is 278 g/mol. The number of nitrogens with one attached hydrogen (secondary N) is 1. The first-order valence-corrected chi connectivity index (χ1v) is 6.91. The maximum atomic E-state index is 11.8. The molecule has 2 rings (SSSR count). The largest absolute Gasteiger partial charge is 0.392 e. The number of rotatable bonds is 6. The Kier molecular flexibility index (Phi) is 5.52. The van der Waals surface area contributed by atoms with Gasteiger partial charge in [0.15, 0.2) is 0 Å². The zero-order chi connectivity index (χ0) is 14.4. The van der Waals surface area contributed by atoms with Crippen molar-refractivity contribution >= 4 is 5.91 Å². The molecule has 1 fully saturated rings. The summed E-state index contributed by atoms with van der Waals surface area (Å²) in [4.78, 5) is 13.8. The standard InChI is InChI=1S/C15H22N2O3/c1-20-11-13-4-2-3-12(7-13)8-16-15(19)10-17-6-5-14(18)9-17/h2-4,7,14,18H,5-6,8-11H2,1H3,(H,16,19)/t14-/m0/s1. The summed E-state index contributed by atoms with van der Waals surface area (Å²) in [5.74, 6) is -0.00348. The summed E-state index contributed by atoms with van der Waals surface area (Å²) in [5, 5.41) is 12.3. The highest BCUT2D eigenvalue weighted by atomic mass is 16.5. The lowest BCUT2D eigenvalue weighted by atomic mass is 10.1. The second-order valence-corrected chi connectivity index (χ2v) is 5.21. The molecule has 0 aromatic heterocycles. The van der Waals surface area contributed by atoms with Gasteiger partial charge in [-0.15, -0.1) is 0 Å². The number of hydrogen-bond acceptors (Lipinski definition) is 4. The molecule has 0 unspecified atom stereocenters. The van der Waals surface area contributed by atoms with Crippen LogP contribution in [0.15, 0.2) is 24.3 Å². The molecule has 0 bridgehead atoms. The number of methoxy groups -OCH3 is 1. The number of aliphatic hydroxyl groups is 1. The van der Waals surface area contributed by atoms with Gasteiger partial charge in [0.1, 0.15) is 0 Å². The van der Waals surface area contributed by atoms with Gasteiger partial charge in [0, 0.05) is 26.7 Å². The first-order chi connectivity index (χ1) is 9.67. The van der Waals surface area contributed by atoms with Gasteiger partial charge >= 0.3 is 0 Å². The molecule has 1 aromatic carbocycles. The quantitative estimate of drug-likeness (QED) is 0.796. The number of β-amino-alcohol motifs (C(OH)–C–C–N with tert-alkyl or cyclic N) is 1. The van der Waals surface area contributed by atoms with E-state index < -0.39 is 0 Å². The van der Waals surface area contributed by atoms with Gasteiger partial charge in [-0.2, -0.15) is 0 Å². The summed E-state index contributed by atoms with van der Waals surface area (Å²) in [5.41, 5.74) is 2.16. The molecule has 1 atom stereocenters. The second kappa shape index (κ2) is 7.38. The predicted molar refractivity (Wildman–Crippen MR) is 76.1 cm³/mol. The Bertz CT molecular complexity index is 450.